The van der Waals surface area contributed by atoms with E-state index >= 15 is 0 Å². The van der Waals surface area contributed by atoms with Crippen molar-refractivity contribution in [3.63, 3.8) is 0 Å². The predicted octanol–water partition coefficient (Wildman–Crippen LogP) is 2.63. The summed E-state index contributed by atoms with van der Waals surface area (Å²) in [7, 11) is 0. The number of pyridine rings is 1. The van der Waals surface area contributed by atoms with E-state index < -0.39 is 0 Å². The van der Waals surface area contributed by atoms with Crippen molar-refractivity contribution < 1.29 is 4.79 Å². The van der Waals surface area contributed by atoms with Gasteiger partial charge in [-0.1, -0.05) is 6.07 Å². The summed E-state index contributed by atoms with van der Waals surface area (Å²) >= 11 is 0. The van der Waals surface area contributed by atoms with Gasteiger partial charge in [0.05, 0.1) is 18.1 Å². The summed E-state index contributed by atoms with van der Waals surface area (Å²) in [6, 6.07) is 4.44. The van der Waals surface area contributed by atoms with Crippen molar-refractivity contribution in [3.05, 3.63) is 48.3 Å². The number of imidazole rings is 1. The summed E-state index contributed by atoms with van der Waals surface area (Å²) < 4.78 is 1.95. The number of carbonyl (C=O) groups excluding carboxylic acids is 1. The fraction of sp³-hybridized carbons (Fsp3) is 0.550. The van der Waals surface area contributed by atoms with Gasteiger partial charge >= 0.3 is 0 Å². The van der Waals surface area contributed by atoms with Crippen LogP contribution in [0.5, 0.6) is 0 Å². The van der Waals surface area contributed by atoms with E-state index in [-0.39, 0.29) is 11.9 Å². The molecule has 2 saturated heterocycles. The number of hydrogen-bond acceptors (Lipinski definition) is 4. The summed E-state index contributed by atoms with van der Waals surface area (Å²) in [5, 5.41) is 0. The smallest absolute Gasteiger partial charge is 0.224 e. The first-order valence-corrected chi connectivity index (χ1v) is 9.72. The summed E-state index contributed by atoms with van der Waals surface area (Å²) in [5.41, 5.74) is 2.30. The average Bonchev–Trinajstić information content (AvgIpc) is 3.42. The topological polar surface area (TPSA) is 54.3 Å². The van der Waals surface area contributed by atoms with Gasteiger partial charge in [-0.2, -0.15) is 0 Å². The third-order valence-electron chi connectivity index (χ3n) is 5.51. The molecule has 2 aliphatic heterocycles. The van der Waals surface area contributed by atoms with Crippen LogP contribution < -0.4 is 0 Å². The number of hydrogen-bond donors (Lipinski definition) is 0. The maximum absolute atomic E-state index is 12.7. The normalized spacial score (nSPS) is 20.8. The lowest BCUT2D eigenvalue weighted by molar-refractivity contribution is -0.132. The summed E-state index contributed by atoms with van der Waals surface area (Å²) in [6.45, 7) is 4.91. The van der Waals surface area contributed by atoms with Crippen LogP contribution in [0.2, 0.25) is 0 Å². The monoisotopic (exact) mass is 353 g/mol. The number of aromatic nitrogens is 3. The molecule has 6 heteroatoms. The van der Waals surface area contributed by atoms with Crippen LogP contribution in [0.3, 0.4) is 0 Å². The van der Waals surface area contributed by atoms with Crippen LogP contribution in [0.25, 0.3) is 0 Å². The molecule has 4 rings (SSSR count). The molecule has 2 aromatic rings. The van der Waals surface area contributed by atoms with Crippen molar-refractivity contribution >= 4 is 5.91 Å². The molecule has 2 fully saturated rings. The first-order chi connectivity index (χ1) is 12.8. The second-order valence-electron chi connectivity index (χ2n) is 7.37. The lowest BCUT2D eigenvalue weighted by Crippen LogP contribution is -2.31. The molecule has 0 N–H and O–H groups in total. The zero-order chi connectivity index (χ0) is 17.8. The molecule has 0 unspecified atom stereocenters. The van der Waals surface area contributed by atoms with E-state index in [0.29, 0.717) is 13.0 Å². The molecule has 0 bridgehead atoms. The highest BCUT2D eigenvalue weighted by molar-refractivity contribution is 5.76. The molecule has 138 valence electrons. The fourth-order valence-electron chi connectivity index (χ4n) is 4.09. The summed E-state index contributed by atoms with van der Waals surface area (Å²) in [6.07, 6.45) is 12.6. The minimum atomic E-state index is 0.131. The Morgan fingerprint density at radius 2 is 2.04 bits per heavy atom. The molecule has 1 amide bonds. The van der Waals surface area contributed by atoms with Crippen molar-refractivity contribution in [2.24, 2.45) is 0 Å². The summed E-state index contributed by atoms with van der Waals surface area (Å²) in [4.78, 5) is 25.9. The number of rotatable bonds is 6. The molecular weight excluding hydrogens is 326 g/mol. The Hall–Kier alpha value is -2.21. The van der Waals surface area contributed by atoms with Gasteiger partial charge in [0.25, 0.3) is 0 Å². The second-order valence-corrected chi connectivity index (χ2v) is 7.37. The average molecular weight is 353 g/mol. The van der Waals surface area contributed by atoms with E-state index in [1.54, 1.807) is 12.5 Å². The van der Waals surface area contributed by atoms with E-state index in [1.165, 1.54) is 31.5 Å². The van der Waals surface area contributed by atoms with E-state index in [9.17, 15) is 4.79 Å². The van der Waals surface area contributed by atoms with E-state index in [2.05, 4.69) is 22.0 Å². The third kappa shape index (κ3) is 3.96. The van der Waals surface area contributed by atoms with E-state index in [1.807, 2.05) is 21.9 Å². The first kappa shape index (κ1) is 17.2. The molecule has 4 heterocycles. The van der Waals surface area contributed by atoms with Crippen molar-refractivity contribution in [1.29, 1.82) is 0 Å². The number of aryl methyl sites for hydroxylation is 1. The Kier molecular flexibility index (Phi) is 5.29. The van der Waals surface area contributed by atoms with E-state index in [4.69, 9.17) is 4.98 Å². The van der Waals surface area contributed by atoms with Crippen LogP contribution >= 0.6 is 0 Å². The SMILES string of the molecule is O=C(CCn1ccnc1)N1CCC[C@H]1c1ccc(CN2CCCC2)cn1. The number of nitrogens with zero attached hydrogens (tertiary/aromatic N) is 5. The third-order valence-corrected chi connectivity index (χ3v) is 5.51. The van der Waals surface area contributed by atoms with Gasteiger partial charge in [-0.25, -0.2) is 4.98 Å². The Morgan fingerprint density at radius 1 is 1.15 bits per heavy atom. The molecular formula is C20H27N5O. The molecule has 0 spiro atoms. The number of amides is 1. The highest BCUT2D eigenvalue weighted by atomic mass is 16.2. The molecule has 1 atom stereocenters. The van der Waals surface area contributed by atoms with Gasteiger partial charge < -0.3 is 9.47 Å². The molecule has 0 radical (unpaired) electrons. The van der Waals surface area contributed by atoms with Crippen LogP contribution in [0.4, 0.5) is 0 Å². The van der Waals surface area contributed by atoms with Crippen LogP contribution in [0.15, 0.2) is 37.1 Å². The quantitative estimate of drug-likeness (QED) is 0.801. The molecule has 26 heavy (non-hydrogen) atoms. The minimum absolute atomic E-state index is 0.131. The van der Waals surface area contributed by atoms with Gasteiger partial charge in [0.2, 0.25) is 5.91 Å². The Balaban J connectivity index is 1.36. The molecule has 0 aromatic carbocycles. The zero-order valence-corrected chi connectivity index (χ0v) is 15.3. The highest BCUT2D eigenvalue weighted by Gasteiger charge is 2.30. The van der Waals surface area contributed by atoms with Crippen LogP contribution in [0, 0.1) is 0 Å². The molecule has 0 aliphatic carbocycles. The molecule has 0 saturated carbocycles. The number of carbonyl (C=O) groups is 1. The molecule has 2 aromatic heterocycles. The largest absolute Gasteiger partial charge is 0.337 e. The Bertz CT molecular complexity index is 706. The van der Waals surface area contributed by atoms with Crippen LogP contribution in [-0.4, -0.2) is 49.9 Å². The van der Waals surface area contributed by atoms with Crippen LogP contribution in [0.1, 0.15) is 49.4 Å². The maximum Gasteiger partial charge on any atom is 0.224 e. The van der Waals surface area contributed by atoms with Gasteiger partial charge in [0.1, 0.15) is 0 Å². The predicted molar refractivity (Wildman–Crippen MR) is 99.3 cm³/mol. The van der Waals surface area contributed by atoms with Gasteiger partial charge in [-0.05, 0) is 50.4 Å². The van der Waals surface area contributed by atoms with Crippen molar-refractivity contribution in [1.82, 2.24) is 24.3 Å². The lowest BCUT2D eigenvalue weighted by atomic mass is 10.1. The van der Waals surface area contributed by atoms with E-state index in [0.717, 1.165) is 31.6 Å². The Morgan fingerprint density at radius 3 is 2.77 bits per heavy atom. The number of likely N-dealkylation sites (tertiary alicyclic amines) is 2. The van der Waals surface area contributed by atoms with Crippen molar-refractivity contribution in [3.8, 4) is 0 Å². The van der Waals surface area contributed by atoms with Crippen molar-refractivity contribution in [2.45, 2.75) is 51.2 Å². The zero-order valence-electron chi connectivity index (χ0n) is 15.3. The fourth-order valence-corrected chi connectivity index (χ4v) is 4.09. The first-order valence-electron chi connectivity index (χ1n) is 9.72. The van der Waals surface area contributed by atoms with Crippen LogP contribution in [-0.2, 0) is 17.9 Å². The molecule has 6 nitrogen and oxygen atoms in total. The van der Waals surface area contributed by atoms with Gasteiger partial charge in [-0.15, -0.1) is 0 Å². The standard InChI is InChI=1S/C20H27N5O/c26-20(7-12-24-13-8-21-16-24)25-11-3-4-19(25)18-6-5-17(14-22-18)15-23-9-1-2-10-23/h5-6,8,13-14,16,19H,1-4,7,9-12,15H2/t19-/m0/s1. The van der Waals surface area contributed by atoms with Gasteiger partial charge in [0, 0.05) is 44.6 Å². The second kappa shape index (κ2) is 7.99. The van der Waals surface area contributed by atoms with Gasteiger partial charge in [0.15, 0.2) is 0 Å². The lowest BCUT2D eigenvalue weighted by Gasteiger charge is -2.25. The maximum atomic E-state index is 12.7. The van der Waals surface area contributed by atoms with Crippen molar-refractivity contribution in [2.75, 3.05) is 19.6 Å². The minimum Gasteiger partial charge on any atom is -0.337 e. The highest BCUT2D eigenvalue weighted by Crippen LogP contribution is 2.31. The van der Waals surface area contributed by atoms with Gasteiger partial charge in [-0.3, -0.25) is 14.7 Å². The Labute approximate surface area is 154 Å². The summed E-state index contributed by atoms with van der Waals surface area (Å²) in [5.74, 6) is 0.212. The molecule has 2 aliphatic rings.